The standard InChI is InChI=1S/C11H7ClF3NO3/c12-6-1-2-7-5(3-6)4-8(19-10(17)18)9(16-7)11(13,14)15/h1-4,9,16H,(H,17,18)/t9-/m0/s1. The fraction of sp³-hybridized carbons (Fsp3) is 0.182. The zero-order valence-electron chi connectivity index (χ0n) is 9.16. The lowest BCUT2D eigenvalue weighted by Crippen LogP contribution is -2.40. The lowest BCUT2D eigenvalue weighted by Gasteiger charge is -2.28. The van der Waals surface area contributed by atoms with Crippen molar-refractivity contribution in [2.75, 3.05) is 5.32 Å². The van der Waals surface area contributed by atoms with Gasteiger partial charge in [-0.3, -0.25) is 0 Å². The molecule has 0 spiro atoms. The summed E-state index contributed by atoms with van der Waals surface area (Å²) in [6, 6.07) is 2.00. The summed E-state index contributed by atoms with van der Waals surface area (Å²) in [5.74, 6) is -0.741. The van der Waals surface area contributed by atoms with Crippen molar-refractivity contribution in [2.45, 2.75) is 12.2 Å². The molecule has 1 atom stereocenters. The van der Waals surface area contributed by atoms with Gasteiger partial charge in [-0.15, -0.1) is 0 Å². The van der Waals surface area contributed by atoms with Crippen LogP contribution in [0.4, 0.5) is 23.7 Å². The highest BCUT2D eigenvalue weighted by Crippen LogP contribution is 2.36. The zero-order chi connectivity index (χ0) is 14.2. The lowest BCUT2D eigenvalue weighted by molar-refractivity contribution is -0.140. The number of hydrogen-bond donors (Lipinski definition) is 2. The van der Waals surface area contributed by atoms with E-state index in [0.717, 1.165) is 6.08 Å². The van der Waals surface area contributed by atoms with Gasteiger partial charge in [0.1, 0.15) is 5.76 Å². The van der Waals surface area contributed by atoms with Crippen LogP contribution in [0.25, 0.3) is 6.08 Å². The highest BCUT2D eigenvalue weighted by Gasteiger charge is 2.45. The van der Waals surface area contributed by atoms with Gasteiger partial charge in [-0.25, -0.2) is 4.79 Å². The molecule has 2 N–H and O–H groups in total. The van der Waals surface area contributed by atoms with E-state index in [1.807, 2.05) is 0 Å². The normalized spacial score (nSPS) is 18.1. The fourth-order valence-corrected chi connectivity index (χ4v) is 1.86. The van der Waals surface area contributed by atoms with Crippen LogP contribution >= 0.6 is 11.6 Å². The first-order valence-corrected chi connectivity index (χ1v) is 5.40. The molecule has 1 aromatic rings. The second-order valence-electron chi connectivity index (χ2n) is 3.77. The van der Waals surface area contributed by atoms with Crippen LogP contribution in [0.15, 0.2) is 24.0 Å². The Morgan fingerprint density at radius 3 is 2.68 bits per heavy atom. The number of halogens is 4. The molecule has 0 aromatic heterocycles. The summed E-state index contributed by atoms with van der Waals surface area (Å²) >= 11 is 5.72. The quantitative estimate of drug-likeness (QED) is 0.775. The molecule has 102 valence electrons. The van der Waals surface area contributed by atoms with Gasteiger partial charge in [0.2, 0.25) is 0 Å². The number of anilines is 1. The van der Waals surface area contributed by atoms with Crippen molar-refractivity contribution in [1.82, 2.24) is 0 Å². The third kappa shape index (κ3) is 2.93. The molecule has 0 bridgehead atoms. The molecular formula is C11H7ClF3NO3. The van der Waals surface area contributed by atoms with Gasteiger partial charge in [0.25, 0.3) is 0 Å². The Labute approximate surface area is 110 Å². The predicted octanol–water partition coefficient (Wildman–Crippen LogP) is 3.73. The second-order valence-corrected chi connectivity index (χ2v) is 4.20. The molecule has 8 heteroatoms. The lowest BCUT2D eigenvalue weighted by atomic mass is 10.0. The van der Waals surface area contributed by atoms with E-state index < -0.39 is 24.1 Å². The average molecular weight is 294 g/mol. The molecule has 19 heavy (non-hydrogen) atoms. The van der Waals surface area contributed by atoms with E-state index in [4.69, 9.17) is 16.7 Å². The minimum absolute atomic E-state index is 0.199. The molecule has 1 aromatic carbocycles. The van der Waals surface area contributed by atoms with Gasteiger partial charge in [0.05, 0.1) is 0 Å². The topological polar surface area (TPSA) is 58.6 Å². The summed E-state index contributed by atoms with van der Waals surface area (Å²) in [6.45, 7) is 0. The molecule has 0 amide bonds. The SMILES string of the molecule is O=C(O)OC1=Cc2cc(Cl)ccc2N[C@@H]1C(F)(F)F. The summed E-state index contributed by atoms with van der Waals surface area (Å²) in [6.07, 6.45) is -5.49. The molecule has 0 saturated carbocycles. The van der Waals surface area contributed by atoms with Crippen molar-refractivity contribution in [1.29, 1.82) is 0 Å². The number of hydrogen-bond acceptors (Lipinski definition) is 3. The molecule has 0 radical (unpaired) electrons. The summed E-state index contributed by atoms with van der Waals surface area (Å²) < 4.78 is 42.6. The van der Waals surface area contributed by atoms with Crippen LogP contribution in [0.1, 0.15) is 5.56 Å². The molecule has 1 aliphatic rings. The van der Waals surface area contributed by atoms with E-state index >= 15 is 0 Å². The monoisotopic (exact) mass is 293 g/mol. The molecule has 1 heterocycles. The third-order valence-corrected chi connectivity index (χ3v) is 2.66. The number of alkyl halides is 3. The molecule has 0 unspecified atom stereocenters. The van der Waals surface area contributed by atoms with Gasteiger partial charge in [-0.05, 0) is 24.3 Å². The maximum Gasteiger partial charge on any atom is 0.511 e. The van der Waals surface area contributed by atoms with Gasteiger partial charge >= 0.3 is 12.3 Å². The Bertz CT molecular complexity index is 557. The largest absolute Gasteiger partial charge is 0.511 e. The Balaban J connectivity index is 2.46. The van der Waals surface area contributed by atoms with Crippen molar-refractivity contribution in [3.05, 3.63) is 34.5 Å². The van der Waals surface area contributed by atoms with Crippen molar-refractivity contribution in [2.24, 2.45) is 0 Å². The summed E-state index contributed by atoms with van der Waals surface area (Å²) in [7, 11) is 0. The maximum absolute atomic E-state index is 12.8. The number of nitrogens with one attached hydrogen (secondary N) is 1. The van der Waals surface area contributed by atoms with Crippen molar-refractivity contribution in [3.8, 4) is 0 Å². The summed E-state index contributed by atoms with van der Waals surface area (Å²) in [5, 5.41) is 11.0. The Morgan fingerprint density at radius 1 is 1.42 bits per heavy atom. The van der Waals surface area contributed by atoms with Crippen LogP contribution in [0.5, 0.6) is 0 Å². The number of fused-ring (bicyclic) bond motifs is 1. The Hall–Kier alpha value is -1.89. The minimum Gasteiger partial charge on any atom is -0.449 e. The van der Waals surface area contributed by atoms with Crippen LogP contribution in [0, 0.1) is 0 Å². The zero-order valence-corrected chi connectivity index (χ0v) is 9.92. The highest BCUT2D eigenvalue weighted by atomic mass is 35.5. The molecule has 1 aliphatic heterocycles. The number of carbonyl (C=O) groups is 1. The maximum atomic E-state index is 12.8. The minimum atomic E-state index is -4.68. The van der Waals surface area contributed by atoms with Crippen molar-refractivity contribution < 1.29 is 27.8 Å². The first kappa shape index (κ1) is 13.5. The molecule has 4 nitrogen and oxygen atoms in total. The first-order chi connectivity index (χ1) is 8.77. The number of benzene rings is 1. The fourth-order valence-electron chi connectivity index (χ4n) is 1.68. The molecular weight excluding hydrogens is 287 g/mol. The van der Waals surface area contributed by atoms with Crippen LogP contribution in [0.2, 0.25) is 5.02 Å². The van der Waals surface area contributed by atoms with Crippen molar-refractivity contribution >= 4 is 29.5 Å². The van der Waals surface area contributed by atoms with Gasteiger partial charge in [-0.1, -0.05) is 11.6 Å². The van der Waals surface area contributed by atoms with Gasteiger partial charge in [0.15, 0.2) is 6.04 Å². The predicted molar refractivity (Wildman–Crippen MR) is 62.0 cm³/mol. The van der Waals surface area contributed by atoms with Crippen molar-refractivity contribution in [3.63, 3.8) is 0 Å². The van der Waals surface area contributed by atoms with Gasteiger partial charge in [-0.2, -0.15) is 13.2 Å². The molecule has 2 rings (SSSR count). The van der Waals surface area contributed by atoms with E-state index in [0.29, 0.717) is 10.6 Å². The second kappa shape index (κ2) is 4.65. The molecule has 0 aliphatic carbocycles. The first-order valence-electron chi connectivity index (χ1n) is 5.02. The van der Waals surface area contributed by atoms with E-state index in [2.05, 4.69) is 10.1 Å². The van der Waals surface area contributed by atoms with E-state index in [1.165, 1.54) is 18.2 Å². The van der Waals surface area contributed by atoms with Gasteiger partial charge in [0, 0.05) is 16.3 Å². The molecule has 0 fully saturated rings. The van der Waals surface area contributed by atoms with Crippen LogP contribution in [-0.4, -0.2) is 23.5 Å². The Kier molecular flexibility index (Phi) is 3.32. The number of ether oxygens (including phenoxy) is 1. The van der Waals surface area contributed by atoms with Crippen LogP contribution in [-0.2, 0) is 4.74 Å². The molecule has 0 saturated heterocycles. The van der Waals surface area contributed by atoms with Gasteiger partial charge < -0.3 is 15.2 Å². The smallest absolute Gasteiger partial charge is 0.449 e. The number of rotatable bonds is 1. The third-order valence-electron chi connectivity index (χ3n) is 2.43. The Morgan fingerprint density at radius 2 is 2.11 bits per heavy atom. The van der Waals surface area contributed by atoms with E-state index in [1.54, 1.807) is 0 Å². The van der Waals surface area contributed by atoms with E-state index in [9.17, 15) is 18.0 Å². The van der Waals surface area contributed by atoms with Crippen LogP contribution in [0.3, 0.4) is 0 Å². The summed E-state index contributed by atoms with van der Waals surface area (Å²) in [4.78, 5) is 10.4. The van der Waals surface area contributed by atoms with E-state index in [-0.39, 0.29) is 5.69 Å². The average Bonchev–Trinajstić information content (AvgIpc) is 2.25. The highest BCUT2D eigenvalue weighted by molar-refractivity contribution is 6.30. The summed E-state index contributed by atoms with van der Waals surface area (Å²) in [5.41, 5.74) is 0.522. The van der Waals surface area contributed by atoms with Crippen LogP contribution < -0.4 is 5.32 Å². The number of carboxylic acid groups (broad SMARTS) is 1.